The number of nitriles is 1. The van der Waals surface area contributed by atoms with Gasteiger partial charge in [0.25, 0.3) is 0 Å². The van der Waals surface area contributed by atoms with E-state index in [-0.39, 0.29) is 0 Å². The van der Waals surface area contributed by atoms with E-state index in [1.165, 1.54) is 11.3 Å². The van der Waals surface area contributed by atoms with Gasteiger partial charge in [0.05, 0.1) is 21.5 Å². The second-order valence-corrected chi connectivity index (χ2v) is 8.02. The van der Waals surface area contributed by atoms with Crippen molar-refractivity contribution in [2.24, 2.45) is 0 Å². The largest absolute Gasteiger partial charge is 0.454 e. The average Bonchev–Trinajstić information content (AvgIpc) is 3.51. The number of furan rings is 1. The minimum absolute atomic E-state index is 0.459. The fraction of sp³-hybridized carbons (Fsp3) is 0. The highest BCUT2D eigenvalue weighted by molar-refractivity contribution is 7.21. The summed E-state index contributed by atoms with van der Waals surface area (Å²) in [5.74, 6) is 1.28. The van der Waals surface area contributed by atoms with Crippen LogP contribution in [0.4, 0.5) is 0 Å². The van der Waals surface area contributed by atoms with Crippen LogP contribution in [0.5, 0.6) is 0 Å². The maximum Gasteiger partial charge on any atom is 0.163 e. The zero-order valence-corrected chi connectivity index (χ0v) is 16.6. The number of pyridine rings is 1. The molecule has 0 amide bonds. The van der Waals surface area contributed by atoms with Gasteiger partial charge in [0.2, 0.25) is 0 Å². The zero-order chi connectivity index (χ0) is 19.6. The molecule has 0 fully saturated rings. The highest BCUT2D eigenvalue weighted by atomic mass is 32.1. The number of hydrogen-bond acceptors (Lipinski definition) is 7. The number of rotatable bonds is 4. The maximum atomic E-state index is 9.63. The number of hydrogen-bond donors (Lipinski definition) is 0. The highest BCUT2D eigenvalue weighted by Crippen LogP contribution is 2.32. The van der Waals surface area contributed by atoms with Crippen LogP contribution < -0.4 is 0 Å². The molecule has 0 atom stereocenters. The Kier molecular flexibility index (Phi) is 4.48. The summed E-state index contributed by atoms with van der Waals surface area (Å²) in [6.07, 6.45) is 5.16. The van der Waals surface area contributed by atoms with Gasteiger partial charge in [0.15, 0.2) is 10.8 Å². The van der Waals surface area contributed by atoms with E-state index in [1.807, 2.05) is 53.9 Å². The lowest BCUT2D eigenvalue weighted by atomic mass is 10.2. The molecule has 5 rings (SSSR count). The lowest BCUT2D eigenvalue weighted by molar-refractivity contribution is 0.571. The molecule has 5 aromatic rings. The molecule has 7 heteroatoms. The van der Waals surface area contributed by atoms with Crippen molar-refractivity contribution in [2.75, 3.05) is 0 Å². The van der Waals surface area contributed by atoms with Gasteiger partial charge in [-0.05, 0) is 36.4 Å². The lowest BCUT2D eigenvalue weighted by Crippen LogP contribution is -1.82. The van der Waals surface area contributed by atoms with Crippen molar-refractivity contribution in [1.82, 2.24) is 15.0 Å². The number of benzene rings is 1. The van der Waals surface area contributed by atoms with Crippen LogP contribution in [-0.2, 0) is 0 Å². The smallest absolute Gasteiger partial charge is 0.163 e. The van der Waals surface area contributed by atoms with Crippen LogP contribution in [0.1, 0.15) is 10.8 Å². The second kappa shape index (κ2) is 7.43. The predicted octanol–water partition coefficient (Wildman–Crippen LogP) is 6.14. The molecule has 0 bridgehead atoms. The normalized spacial score (nSPS) is 11.6. The van der Waals surface area contributed by atoms with Crippen molar-refractivity contribution in [1.29, 1.82) is 5.26 Å². The monoisotopic (exact) mass is 412 g/mol. The van der Waals surface area contributed by atoms with Crippen LogP contribution in [0, 0.1) is 11.3 Å². The number of para-hydroxylation sites is 1. The molecule has 0 aliphatic carbocycles. The summed E-state index contributed by atoms with van der Waals surface area (Å²) in [4.78, 5) is 13.2. The summed E-state index contributed by atoms with van der Waals surface area (Å²) >= 11 is 3.01. The molecule has 0 radical (unpaired) electrons. The molecule has 4 aromatic heterocycles. The Bertz CT molecular complexity index is 1340. The molecule has 0 saturated heterocycles. The molecule has 0 saturated carbocycles. The summed E-state index contributed by atoms with van der Waals surface area (Å²) in [5.41, 5.74) is 3.20. The number of allylic oxidation sites excluding steroid dienone is 1. The van der Waals surface area contributed by atoms with Gasteiger partial charge in [-0.3, -0.25) is 4.98 Å². The zero-order valence-electron chi connectivity index (χ0n) is 14.9. The minimum atomic E-state index is 0.459. The van der Waals surface area contributed by atoms with Crippen LogP contribution in [0.25, 0.3) is 43.9 Å². The highest BCUT2D eigenvalue weighted by Gasteiger charge is 2.12. The van der Waals surface area contributed by atoms with E-state index in [4.69, 9.17) is 4.42 Å². The predicted molar refractivity (Wildman–Crippen MR) is 116 cm³/mol. The summed E-state index contributed by atoms with van der Waals surface area (Å²) in [6, 6.07) is 17.7. The van der Waals surface area contributed by atoms with Gasteiger partial charge in [-0.1, -0.05) is 12.1 Å². The Morgan fingerprint density at radius 2 is 1.90 bits per heavy atom. The first kappa shape index (κ1) is 17.5. The summed E-state index contributed by atoms with van der Waals surface area (Å²) in [7, 11) is 0. The van der Waals surface area contributed by atoms with E-state index in [2.05, 4.69) is 21.0 Å². The van der Waals surface area contributed by atoms with E-state index < -0.39 is 0 Å². The van der Waals surface area contributed by atoms with Crippen molar-refractivity contribution in [3.63, 3.8) is 0 Å². The molecule has 0 aliphatic rings. The summed E-state index contributed by atoms with van der Waals surface area (Å²) < 4.78 is 7.04. The van der Waals surface area contributed by atoms with Crippen molar-refractivity contribution in [2.45, 2.75) is 0 Å². The maximum absolute atomic E-state index is 9.63. The quantitative estimate of drug-likeness (QED) is 0.331. The van der Waals surface area contributed by atoms with E-state index in [9.17, 15) is 5.26 Å². The minimum Gasteiger partial charge on any atom is -0.454 e. The van der Waals surface area contributed by atoms with Gasteiger partial charge < -0.3 is 4.42 Å². The van der Waals surface area contributed by atoms with Crippen LogP contribution in [0.2, 0.25) is 0 Å². The SMILES string of the molecule is N#C/C(=C\c1ccc(-c2nc3ccccc3s2)o1)c1nc(-c2ccncc2)cs1. The molecular formula is C22H12N4OS2. The number of aromatic nitrogens is 3. The van der Waals surface area contributed by atoms with E-state index >= 15 is 0 Å². The van der Waals surface area contributed by atoms with Gasteiger partial charge in [-0.2, -0.15) is 5.26 Å². The van der Waals surface area contributed by atoms with Gasteiger partial charge in [-0.15, -0.1) is 22.7 Å². The average molecular weight is 412 g/mol. The third kappa shape index (κ3) is 3.47. The Labute approximate surface area is 174 Å². The molecule has 138 valence electrons. The lowest BCUT2D eigenvalue weighted by Gasteiger charge is -1.94. The summed E-state index contributed by atoms with van der Waals surface area (Å²) in [6.45, 7) is 0. The molecule has 0 N–H and O–H groups in total. The fourth-order valence-electron chi connectivity index (χ4n) is 2.86. The molecule has 4 heterocycles. The molecule has 1 aromatic carbocycles. The van der Waals surface area contributed by atoms with Crippen LogP contribution in [-0.4, -0.2) is 15.0 Å². The standard InChI is InChI=1S/C22H12N4OS2/c23-12-15(21-26-18(13-28-21)14-7-9-24-10-8-14)11-16-5-6-19(27-16)22-25-17-3-1-2-4-20(17)29-22/h1-11,13H/b15-11+. The Balaban J connectivity index is 1.45. The van der Waals surface area contributed by atoms with Gasteiger partial charge in [0.1, 0.15) is 16.8 Å². The third-order valence-electron chi connectivity index (χ3n) is 4.25. The third-order valence-corrected chi connectivity index (χ3v) is 6.18. The van der Waals surface area contributed by atoms with Crippen LogP contribution in [0.3, 0.4) is 0 Å². The number of nitrogens with zero attached hydrogens (tertiary/aromatic N) is 4. The molecule has 0 spiro atoms. The van der Waals surface area contributed by atoms with Crippen molar-refractivity contribution < 1.29 is 4.42 Å². The first-order valence-electron chi connectivity index (χ1n) is 8.74. The van der Waals surface area contributed by atoms with Crippen molar-refractivity contribution >= 4 is 44.5 Å². The van der Waals surface area contributed by atoms with E-state index in [0.29, 0.717) is 22.1 Å². The molecule has 29 heavy (non-hydrogen) atoms. The van der Waals surface area contributed by atoms with Gasteiger partial charge >= 0.3 is 0 Å². The topological polar surface area (TPSA) is 75.6 Å². The molecule has 0 unspecified atom stereocenters. The first-order valence-corrected chi connectivity index (χ1v) is 10.4. The Morgan fingerprint density at radius 1 is 1.03 bits per heavy atom. The summed E-state index contributed by atoms with van der Waals surface area (Å²) in [5, 5.41) is 13.0. The molecular weight excluding hydrogens is 400 g/mol. The number of fused-ring (bicyclic) bond motifs is 1. The Morgan fingerprint density at radius 3 is 2.72 bits per heavy atom. The van der Waals surface area contributed by atoms with Crippen LogP contribution >= 0.6 is 22.7 Å². The van der Waals surface area contributed by atoms with E-state index in [1.54, 1.807) is 29.8 Å². The van der Waals surface area contributed by atoms with Gasteiger partial charge in [-0.25, -0.2) is 9.97 Å². The molecule has 0 aliphatic heterocycles. The first-order chi connectivity index (χ1) is 14.3. The van der Waals surface area contributed by atoms with Crippen molar-refractivity contribution in [3.8, 4) is 28.1 Å². The number of thiazole rings is 2. The Hall–Kier alpha value is -3.60. The fourth-order valence-corrected chi connectivity index (χ4v) is 4.58. The van der Waals surface area contributed by atoms with Gasteiger partial charge in [0, 0.05) is 29.4 Å². The van der Waals surface area contributed by atoms with Crippen LogP contribution in [0.15, 0.2) is 70.7 Å². The van der Waals surface area contributed by atoms with E-state index in [0.717, 1.165) is 26.5 Å². The van der Waals surface area contributed by atoms with Crippen molar-refractivity contribution in [3.05, 3.63) is 77.1 Å². The molecule has 5 nitrogen and oxygen atoms in total. The second-order valence-electron chi connectivity index (χ2n) is 6.13.